The van der Waals surface area contributed by atoms with Crippen molar-refractivity contribution in [1.82, 2.24) is 20.1 Å². The highest BCUT2D eigenvalue weighted by Crippen LogP contribution is 2.22. The number of nitrogen functional groups attached to an aromatic ring is 1. The molecular weight excluding hydrogens is 246 g/mol. The van der Waals surface area contributed by atoms with Gasteiger partial charge in [-0.1, -0.05) is 0 Å². The third-order valence-electron chi connectivity index (χ3n) is 4.06. The molecule has 1 unspecified atom stereocenters. The number of likely N-dealkylation sites (tertiary alicyclic amines) is 2. The van der Waals surface area contributed by atoms with Gasteiger partial charge in [0.25, 0.3) is 5.91 Å². The van der Waals surface area contributed by atoms with Gasteiger partial charge in [-0.3, -0.25) is 9.69 Å². The van der Waals surface area contributed by atoms with Gasteiger partial charge in [0.2, 0.25) is 11.5 Å². The lowest BCUT2D eigenvalue weighted by molar-refractivity contribution is 0.0598. The van der Waals surface area contributed by atoms with E-state index >= 15 is 0 Å². The van der Waals surface area contributed by atoms with Crippen LogP contribution < -0.4 is 5.73 Å². The van der Waals surface area contributed by atoms with Gasteiger partial charge < -0.3 is 10.6 Å². The molecule has 2 aliphatic rings. The fraction of sp³-hybridized carbons (Fsp3) is 0.750. The molecular formula is C12H19N5O2. The summed E-state index contributed by atoms with van der Waals surface area (Å²) in [6.45, 7) is 3.82. The van der Waals surface area contributed by atoms with Crippen LogP contribution in [0.3, 0.4) is 0 Å². The number of carbonyl (C=O) groups is 1. The van der Waals surface area contributed by atoms with Gasteiger partial charge in [0, 0.05) is 19.1 Å². The van der Waals surface area contributed by atoms with Crippen molar-refractivity contribution < 1.29 is 9.42 Å². The zero-order chi connectivity index (χ0) is 13.2. The molecule has 1 atom stereocenters. The quantitative estimate of drug-likeness (QED) is 0.830. The van der Waals surface area contributed by atoms with Crippen molar-refractivity contribution in [1.29, 1.82) is 0 Å². The second kappa shape index (κ2) is 5.16. The first-order valence-electron chi connectivity index (χ1n) is 6.87. The van der Waals surface area contributed by atoms with E-state index in [2.05, 4.69) is 19.8 Å². The average molecular weight is 265 g/mol. The molecule has 0 bridgehead atoms. The lowest BCUT2D eigenvalue weighted by Gasteiger charge is -2.37. The molecule has 19 heavy (non-hydrogen) atoms. The van der Waals surface area contributed by atoms with Gasteiger partial charge >= 0.3 is 0 Å². The molecule has 2 fully saturated rings. The monoisotopic (exact) mass is 265 g/mol. The summed E-state index contributed by atoms with van der Waals surface area (Å²) in [5.41, 5.74) is 5.72. The number of carbonyl (C=O) groups excluding carboxylic acids is 1. The summed E-state index contributed by atoms with van der Waals surface area (Å²) < 4.78 is 4.50. The number of hydrogen-bond donors (Lipinski definition) is 1. The van der Waals surface area contributed by atoms with E-state index in [-0.39, 0.29) is 17.4 Å². The molecule has 2 saturated heterocycles. The van der Waals surface area contributed by atoms with E-state index in [1.54, 1.807) is 0 Å². The van der Waals surface area contributed by atoms with Crippen molar-refractivity contribution in [3.8, 4) is 0 Å². The summed E-state index contributed by atoms with van der Waals surface area (Å²) in [4.78, 5) is 16.6. The summed E-state index contributed by atoms with van der Waals surface area (Å²) in [5, 5.41) is 7.06. The summed E-state index contributed by atoms with van der Waals surface area (Å²) in [5.74, 6) is -0.0871. The molecule has 0 spiro atoms. The summed E-state index contributed by atoms with van der Waals surface area (Å²) in [7, 11) is 0. The van der Waals surface area contributed by atoms with Crippen molar-refractivity contribution in [2.24, 2.45) is 0 Å². The maximum absolute atomic E-state index is 12.3. The first kappa shape index (κ1) is 12.4. The van der Waals surface area contributed by atoms with Crippen LogP contribution in [0.1, 0.15) is 36.2 Å². The first-order valence-corrected chi connectivity index (χ1v) is 6.87. The summed E-state index contributed by atoms with van der Waals surface area (Å²) in [6.07, 6.45) is 4.73. The molecule has 3 rings (SSSR count). The number of anilines is 1. The number of piperidine rings is 1. The van der Waals surface area contributed by atoms with E-state index in [1.807, 2.05) is 4.90 Å². The van der Waals surface area contributed by atoms with Gasteiger partial charge in [0.15, 0.2) is 0 Å². The van der Waals surface area contributed by atoms with Crippen LogP contribution >= 0.6 is 0 Å². The lowest BCUT2D eigenvalue weighted by atomic mass is 10.0. The van der Waals surface area contributed by atoms with E-state index < -0.39 is 0 Å². The summed E-state index contributed by atoms with van der Waals surface area (Å²) >= 11 is 0. The van der Waals surface area contributed by atoms with Gasteiger partial charge in [-0.25, -0.2) is 4.63 Å². The zero-order valence-corrected chi connectivity index (χ0v) is 10.9. The van der Waals surface area contributed by atoms with Crippen molar-refractivity contribution >= 4 is 11.7 Å². The van der Waals surface area contributed by atoms with Crippen molar-refractivity contribution in [2.45, 2.75) is 31.7 Å². The van der Waals surface area contributed by atoms with Gasteiger partial charge in [-0.05, 0) is 49.1 Å². The van der Waals surface area contributed by atoms with E-state index in [4.69, 9.17) is 5.73 Å². The minimum Gasteiger partial charge on any atom is -0.379 e. The Bertz CT molecular complexity index is 455. The largest absolute Gasteiger partial charge is 0.379 e. The molecule has 104 valence electrons. The second-order valence-corrected chi connectivity index (χ2v) is 5.29. The highest BCUT2D eigenvalue weighted by atomic mass is 16.6. The Morgan fingerprint density at radius 3 is 2.68 bits per heavy atom. The Morgan fingerprint density at radius 1 is 1.21 bits per heavy atom. The predicted octanol–water partition coefficient (Wildman–Crippen LogP) is 0.352. The molecule has 0 aliphatic carbocycles. The van der Waals surface area contributed by atoms with Crippen LogP contribution in [0.5, 0.6) is 0 Å². The van der Waals surface area contributed by atoms with E-state index in [0.29, 0.717) is 6.04 Å². The predicted molar refractivity (Wildman–Crippen MR) is 68.4 cm³/mol. The first-order chi connectivity index (χ1) is 9.25. The van der Waals surface area contributed by atoms with Gasteiger partial charge in [0.05, 0.1) is 0 Å². The standard InChI is InChI=1S/C12H19N5O2/c13-11-10(14-19-15-11)12(18)17-7-3-4-9(8-17)16-5-1-2-6-16/h9H,1-8H2,(H2,13,15). The second-order valence-electron chi connectivity index (χ2n) is 5.29. The Labute approximate surface area is 111 Å². The smallest absolute Gasteiger partial charge is 0.280 e. The molecule has 1 aromatic heterocycles. The molecule has 0 aromatic carbocycles. The Balaban J connectivity index is 1.67. The van der Waals surface area contributed by atoms with Crippen LogP contribution in [0, 0.1) is 0 Å². The molecule has 2 N–H and O–H groups in total. The fourth-order valence-electron chi connectivity index (χ4n) is 3.04. The van der Waals surface area contributed by atoms with Crippen LogP contribution in [0.15, 0.2) is 4.63 Å². The Morgan fingerprint density at radius 2 is 2.00 bits per heavy atom. The topological polar surface area (TPSA) is 88.5 Å². The Kier molecular flexibility index (Phi) is 3.37. The van der Waals surface area contributed by atoms with Crippen LogP contribution in [0.25, 0.3) is 0 Å². The maximum atomic E-state index is 12.3. The highest BCUT2D eigenvalue weighted by Gasteiger charge is 2.31. The van der Waals surface area contributed by atoms with E-state index in [9.17, 15) is 4.79 Å². The average Bonchev–Trinajstić information content (AvgIpc) is 3.09. The zero-order valence-electron chi connectivity index (χ0n) is 10.9. The molecule has 1 amide bonds. The molecule has 3 heterocycles. The molecule has 7 heteroatoms. The number of aromatic nitrogens is 2. The minimum atomic E-state index is -0.164. The lowest BCUT2D eigenvalue weighted by Crippen LogP contribution is -2.49. The molecule has 0 radical (unpaired) electrons. The summed E-state index contributed by atoms with van der Waals surface area (Å²) in [6, 6.07) is 0.473. The third kappa shape index (κ3) is 2.42. The number of hydrogen-bond acceptors (Lipinski definition) is 6. The molecule has 7 nitrogen and oxygen atoms in total. The fourth-order valence-corrected chi connectivity index (χ4v) is 3.04. The van der Waals surface area contributed by atoms with Crippen LogP contribution in [0.2, 0.25) is 0 Å². The van der Waals surface area contributed by atoms with Crippen LogP contribution in [-0.2, 0) is 0 Å². The van der Waals surface area contributed by atoms with Crippen LogP contribution in [-0.4, -0.2) is 58.2 Å². The van der Waals surface area contributed by atoms with Gasteiger partial charge in [-0.15, -0.1) is 0 Å². The minimum absolute atomic E-state index is 0.0771. The number of nitrogens with two attached hydrogens (primary N) is 1. The van der Waals surface area contributed by atoms with Gasteiger partial charge in [0.1, 0.15) is 0 Å². The number of nitrogens with zero attached hydrogens (tertiary/aromatic N) is 4. The highest BCUT2D eigenvalue weighted by molar-refractivity contribution is 5.96. The van der Waals surface area contributed by atoms with Crippen molar-refractivity contribution in [2.75, 3.05) is 31.9 Å². The van der Waals surface area contributed by atoms with Gasteiger partial charge in [-0.2, -0.15) is 0 Å². The maximum Gasteiger partial charge on any atom is 0.280 e. The van der Waals surface area contributed by atoms with E-state index in [1.165, 1.54) is 12.8 Å². The SMILES string of the molecule is Nc1nonc1C(=O)N1CCCC(N2CCCC2)C1. The normalized spacial score (nSPS) is 24.8. The number of amides is 1. The van der Waals surface area contributed by atoms with Crippen LogP contribution in [0.4, 0.5) is 5.82 Å². The number of rotatable bonds is 2. The molecule has 0 saturated carbocycles. The molecule has 2 aliphatic heterocycles. The Hall–Kier alpha value is -1.63. The third-order valence-corrected chi connectivity index (χ3v) is 4.06. The van der Waals surface area contributed by atoms with Crippen molar-refractivity contribution in [3.63, 3.8) is 0 Å². The van der Waals surface area contributed by atoms with Crippen molar-refractivity contribution in [3.05, 3.63) is 5.69 Å². The van der Waals surface area contributed by atoms with E-state index in [0.717, 1.165) is 39.0 Å². The molecule has 1 aromatic rings.